The van der Waals surface area contributed by atoms with Crippen molar-refractivity contribution in [3.05, 3.63) is 106 Å². The van der Waals surface area contributed by atoms with Gasteiger partial charge in [0.05, 0.1) is 24.9 Å². The molecule has 3 aliphatic heterocycles. The highest BCUT2D eigenvalue weighted by Gasteiger charge is 2.52. The third kappa shape index (κ3) is 5.90. The smallest absolute Gasteiger partial charge is 0.264 e. The normalized spacial score (nSPS) is 22.1. The maximum absolute atomic E-state index is 14.1. The third-order valence-corrected chi connectivity index (χ3v) is 9.62. The summed E-state index contributed by atoms with van der Waals surface area (Å²) in [6.07, 6.45) is 6.44. The highest BCUT2D eigenvalue weighted by atomic mass is 35.5. The van der Waals surface area contributed by atoms with Gasteiger partial charge < -0.3 is 24.9 Å². The lowest BCUT2D eigenvalue weighted by molar-refractivity contribution is -0.139. The van der Waals surface area contributed by atoms with E-state index in [0.717, 1.165) is 35.2 Å². The van der Waals surface area contributed by atoms with Crippen LogP contribution in [0.3, 0.4) is 0 Å². The number of benzene rings is 3. The summed E-state index contributed by atoms with van der Waals surface area (Å²) in [5.41, 5.74) is 2.94. The summed E-state index contributed by atoms with van der Waals surface area (Å²) in [6.45, 7) is 2.94. The van der Waals surface area contributed by atoms with Gasteiger partial charge in [-0.15, -0.1) is 0 Å². The molecule has 1 saturated heterocycles. The Balaban J connectivity index is 1.20. The quantitative estimate of drug-likeness (QED) is 0.338. The number of nitrogens with zero attached hydrogens (tertiary/aromatic N) is 3. The maximum atomic E-state index is 14.1. The van der Waals surface area contributed by atoms with Crippen molar-refractivity contribution in [1.29, 1.82) is 0 Å². The standard InChI is InChI=1S/C36H38ClN3O5/c1-24(8-6-14-34(43)39-22-27-11-3-2-10-26(27)19-30(39)23-41)36(45)31-20-28(37)15-16-32(31)40(35(36)44)21-25-9-7-12-29(18-25)38-17-5-4-13-33(38)42/h2-3,6-12,15-16,18,20,24,30,41,45H,4-5,13-14,17,19,21-23H2,1H3/b8-6+/t24-,30+,36+/m1/s1. The van der Waals surface area contributed by atoms with Gasteiger partial charge in [0.15, 0.2) is 5.60 Å². The van der Waals surface area contributed by atoms with Crippen LogP contribution in [0.4, 0.5) is 11.4 Å². The van der Waals surface area contributed by atoms with Crippen LogP contribution in [-0.2, 0) is 39.5 Å². The fourth-order valence-corrected chi connectivity index (χ4v) is 7.00. The lowest BCUT2D eigenvalue weighted by Gasteiger charge is -2.36. The summed E-state index contributed by atoms with van der Waals surface area (Å²) in [4.78, 5) is 44.9. The number of halogens is 1. The Morgan fingerprint density at radius 3 is 2.64 bits per heavy atom. The number of anilines is 2. The molecule has 9 heteroatoms. The van der Waals surface area contributed by atoms with Crippen LogP contribution >= 0.6 is 11.6 Å². The summed E-state index contributed by atoms with van der Waals surface area (Å²) in [5.74, 6) is -1.18. The molecule has 45 heavy (non-hydrogen) atoms. The molecule has 3 atom stereocenters. The Morgan fingerprint density at radius 1 is 1.07 bits per heavy atom. The Labute approximate surface area is 268 Å². The summed E-state index contributed by atoms with van der Waals surface area (Å²) < 4.78 is 0. The molecule has 6 rings (SSSR count). The first kappa shape index (κ1) is 31.0. The van der Waals surface area contributed by atoms with E-state index in [1.54, 1.807) is 52.0 Å². The number of hydrogen-bond donors (Lipinski definition) is 2. The van der Waals surface area contributed by atoms with Crippen molar-refractivity contribution in [3.8, 4) is 0 Å². The number of hydrogen-bond acceptors (Lipinski definition) is 5. The number of carbonyl (C=O) groups is 3. The average Bonchev–Trinajstić information content (AvgIpc) is 3.26. The summed E-state index contributed by atoms with van der Waals surface area (Å²) >= 11 is 6.36. The maximum Gasteiger partial charge on any atom is 0.264 e. The van der Waals surface area contributed by atoms with Gasteiger partial charge in [-0.05, 0) is 66.3 Å². The Kier molecular flexibility index (Phi) is 8.82. The van der Waals surface area contributed by atoms with Gasteiger partial charge in [-0.25, -0.2) is 0 Å². The fourth-order valence-electron chi connectivity index (χ4n) is 6.83. The Morgan fingerprint density at radius 2 is 1.87 bits per heavy atom. The van der Waals surface area contributed by atoms with Crippen molar-refractivity contribution in [1.82, 2.24) is 4.90 Å². The minimum atomic E-state index is -1.89. The number of amides is 3. The molecule has 8 nitrogen and oxygen atoms in total. The van der Waals surface area contributed by atoms with E-state index < -0.39 is 17.4 Å². The molecular weight excluding hydrogens is 590 g/mol. The topological polar surface area (TPSA) is 101 Å². The minimum absolute atomic E-state index is 0.0708. The molecule has 0 aliphatic carbocycles. The van der Waals surface area contributed by atoms with Gasteiger partial charge in [-0.2, -0.15) is 0 Å². The van der Waals surface area contributed by atoms with Gasteiger partial charge in [0.1, 0.15) is 0 Å². The number of fused-ring (bicyclic) bond motifs is 2. The van der Waals surface area contributed by atoms with Crippen LogP contribution in [0.25, 0.3) is 0 Å². The molecule has 3 amide bonds. The van der Waals surface area contributed by atoms with Gasteiger partial charge in [0, 0.05) is 48.1 Å². The van der Waals surface area contributed by atoms with Crippen LogP contribution in [0.2, 0.25) is 5.02 Å². The third-order valence-electron chi connectivity index (χ3n) is 9.38. The molecule has 2 N–H and O–H groups in total. The number of aliphatic hydroxyl groups is 2. The van der Waals surface area contributed by atoms with Crippen molar-refractivity contribution >= 4 is 40.7 Å². The molecular formula is C36H38ClN3O5. The lowest BCUT2D eigenvalue weighted by atomic mass is 9.83. The predicted molar refractivity (Wildman–Crippen MR) is 174 cm³/mol. The van der Waals surface area contributed by atoms with E-state index >= 15 is 0 Å². The fraction of sp³-hybridized carbons (Fsp3) is 0.361. The largest absolute Gasteiger partial charge is 0.394 e. The monoisotopic (exact) mass is 627 g/mol. The summed E-state index contributed by atoms with van der Waals surface area (Å²) in [7, 11) is 0. The van der Waals surface area contributed by atoms with Gasteiger partial charge in [0.25, 0.3) is 5.91 Å². The molecule has 0 saturated carbocycles. The zero-order valence-corrected chi connectivity index (χ0v) is 26.1. The molecule has 3 aromatic carbocycles. The molecule has 0 bridgehead atoms. The van der Waals surface area contributed by atoms with Gasteiger partial charge in [-0.1, -0.05) is 67.1 Å². The van der Waals surface area contributed by atoms with E-state index in [1.807, 2.05) is 48.5 Å². The second-order valence-electron chi connectivity index (χ2n) is 12.2. The number of piperidine rings is 1. The molecule has 3 heterocycles. The van der Waals surface area contributed by atoms with Gasteiger partial charge in [0.2, 0.25) is 11.8 Å². The lowest BCUT2D eigenvalue weighted by Crippen LogP contribution is -2.46. The van der Waals surface area contributed by atoms with E-state index in [1.165, 1.54) is 0 Å². The SMILES string of the molecule is C[C@H](/C=C/CC(=O)N1Cc2ccccc2C[C@H]1CO)[C@@]1(O)C(=O)N(Cc2cccc(N3CCCCC3=O)c2)c2ccc(Cl)cc21. The van der Waals surface area contributed by atoms with Gasteiger partial charge in [-0.3, -0.25) is 14.4 Å². The average molecular weight is 628 g/mol. The zero-order valence-electron chi connectivity index (χ0n) is 25.4. The highest BCUT2D eigenvalue weighted by Crippen LogP contribution is 2.47. The second-order valence-corrected chi connectivity index (χ2v) is 12.7. The second kappa shape index (κ2) is 12.8. The van der Waals surface area contributed by atoms with E-state index in [0.29, 0.717) is 42.2 Å². The number of carbonyl (C=O) groups excluding carboxylic acids is 3. The van der Waals surface area contributed by atoms with Crippen molar-refractivity contribution in [3.63, 3.8) is 0 Å². The minimum Gasteiger partial charge on any atom is -0.394 e. The summed E-state index contributed by atoms with van der Waals surface area (Å²) in [5, 5.41) is 22.4. The Bertz CT molecular complexity index is 1660. The number of aliphatic hydroxyl groups excluding tert-OH is 1. The van der Waals surface area contributed by atoms with E-state index in [2.05, 4.69) is 0 Å². The highest BCUT2D eigenvalue weighted by molar-refractivity contribution is 6.31. The molecule has 0 spiro atoms. The first-order valence-electron chi connectivity index (χ1n) is 15.6. The van der Waals surface area contributed by atoms with Crippen LogP contribution in [0.1, 0.15) is 54.9 Å². The van der Waals surface area contributed by atoms with Crippen LogP contribution in [0.15, 0.2) is 78.9 Å². The molecule has 0 unspecified atom stereocenters. The van der Waals surface area contributed by atoms with E-state index in [9.17, 15) is 24.6 Å². The van der Waals surface area contributed by atoms with Crippen LogP contribution in [0, 0.1) is 5.92 Å². The summed E-state index contributed by atoms with van der Waals surface area (Å²) in [6, 6.07) is 20.3. The van der Waals surface area contributed by atoms with E-state index in [4.69, 9.17) is 11.6 Å². The molecule has 1 fully saturated rings. The Hall–Kier alpha value is -3.98. The van der Waals surface area contributed by atoms with Crippen LogP contribution < -0.4 is 9.80 Å². The van der Waals surface area contributed by atoms with Crippen molar-refractivity contribution < 1.29 is 24.6 Å². The van der Waals surface area contributed by atoms with Crippen molar-refractivity contribution in [2.75, 3.05) is 23.0 Å². The number of rotatable bonds is 8. The first-order valence-corrected chi connectivity index (χ1v) is 16.0. The molecule has 234 valence electrons. The van der Waals surface area contributed by atoms with Crippen LogP contribution in [-0.4, -0.2) is 52.0 Å². The molecule has 0 radical (unpaired) electrons. The van der Waals surface area contributed by atoms with Crippen molar-refractivity contribution in [2.45, 2.75) is 63.8 Å². The van der Waals surface area contributed by atoms with Crippen LogP contribution in [0.5, 0.6) is 0 Å². The zero-order chi connectivity index (χ0) is 31.7. The first-order chi connectivity index (χ1) is 21.7. The molecule has 3 aliphatic rings. The molecule has 0 aromatic heterocycles. The van der Waals surface area contributed by atoms with Crippen molar-refractivity contribution in [2.24, 2.45) is 5.92 Å². The van der Waals surface area contributed by atoms with Gasteiger partial charge >= 0.3 is 0 Å². The van der Waals surface area contributed by atoms with E-state index in [-0.39, 0.29) is 37.4 Å². The predicted octanol–water partition coefficient (Wildman–Crippen LogP) is 5.12. The molecule has 3 aromatic rings.